The first kappa shape index (κ1) is 11.7. The van der Waals surface area contributed by atoms with Crippen LogP contribution >= 0.6 is 11.6 Å². The molecule has 1 N–H and O–H groups in total. The van der Waals surface area contributed by atoms with E-state index in [2.05, 4.69) is 10.1 Å². The van der Waals surface area contributed by atoms with Crippen molar-refractivity contribution < 1.29 is 5.11 Å². The number of nitrogens with zero attached hydrogens (tertiary/aromatic N) is 3. The van der Waals surface area contributed by atoms with Gasteiger partial charge >= 0.3 is 0 Å². The first-order valence-corrected chi connectivity index (χ1v) is 6.47. The first-order valence-electron chi connectivity index (χ1n) is 6.10. The van der Waals surface area contributed by atoms with Crippen LogP contribution in [-0.2, 0) is 12.8 Å². The van der Waals surface area contributed by atoms with Crippen LogP contribution in [0.25, 0.3) is 0 Å². The minimum Gasteiger partial charge on any atom is -0.372 e. The molecule has 2 aromatic rings. The predicted molar refractivity (Wildman–Crippen MR) is 68.5 cm³/mol. The highest BCUT2D eigenvalue weighted by Gasteiger charge is 2.21. The summed E-state index contributed by atoms with van der Waals surface area (Å²) in [6.07, 6.45) is 2.67. The quantitative estimate of drug-likeness (QED) is 0.905. The van der Waals surface area contributed by atoms with Gasteiger partial charge in [-0.3, -0.25) is 0 Å². The van der Waals surface area contributed by atoms with Crippen molar-refractivity contribution in [3.8, 4) is 0 Å². The molecule has 2 heterocycles. The average molecular weight is 264 g/mol. The monoisotopic (exact) mass is 263 g/mol. The molecule has 0 bridgehead atoms. The molecule has 0 aliphatic carbocycles. The Hall–Kier alpha value is -1.39. The second-order valence-corrected chi connectivity index (χ2v) is 4.94. The van der Waals surface area contributed by atoms with E-state index in [-0.39, 0.29) is 0 Å². The molecular weight excluding hydrogens is 250 g/mol. The molecule has 0 spiro atoms. The van der Waals surface area contributed by atoms with E-state index in [9.17, 15) is 5.11 Å². The molecule has 1 aromatic carbocycles. The maximum absolute atomic E-state index is 9.83. The van der Waals surface area contributed by atoms with E-state index in [0.717, 1.165) is 41.5 Å². The van der Waals surface area contributed by atoms with Crippen LogP contribution in [0.2, 0.25) is 5.02 Å². The lowest BCUT2D eigenvalue weighted by molar-refractivity contribution is 0.0644. The molecule has 0 amide bonds. The number of halogens is 1. The van der Waals surface area contributed by atoms with E-state index in [1.54, 1.807) is 4.68 Å². The number of aliphatic hydroxyl groups excluding tert-OH is 1. The molecule has 0 saturated carbocycles. The van der Waals surface area contributed by atoms with Gasteiger partial charge in [-0.25, -0.2) is 9.67 Å². The lowest BCUT2D eigenvalue weighted by atomic mass is 10.1. The van der Waals surface area contributed by atoms with Crippen molar-refractivity contribution in [3.63, 3.8) is 0 Å². The van der Waals surface area contributed by atoms with E-state index < -0.39 is 6.23 Å². The molecule has 4 nitrogen and oxygen atoms in total. The lowest BCUT2D eigenvalue weighted by Crippen LogP contribution is -2.18. The molecule has 0 radical (unpaired) electrons. The van der Waals surface area contributed by atoms with Crippen molar-refractivity contribution in [1.29, 1.82) is 0 Å². The fraction of sp³-hybridized carbons (Fsp3) is 0.385. The predicted octanol–water partition coefficient (Wildman–Crippen LogP) is 2.35. The molecule has 1 aliphatic rings. The van der Waals surface area contributed by atoms with Gasteiger partial charge in [-0.05, 0) is 24.5 Å². The summed E-state index contributed by atoms with van der Waals surface area (Å²) in [4.78, 5) is 4.47. The van der Waals surface area contributed by atoms with E-state index in [1.807, 2.05) is 24.3 Å². The van der Waals surface area contributed by atoms with Gasteiger partial charge in [-0.1, -0.05) is 29.8 Å². The lowest BCUT2D eigenvalue weighted by Gasteiger charge is -2.17. The summed E-state index contributed by atoms with van der Waals surface area (Å²) < 4.78 is 1.63. The zero-order chi connectivity index (χ0) is 12.5. The van der Waals surface area contributed by atoms with Crippen molar-refractivity contribution in [3.05, 3.63) is 46.5 Å². The number of aromatic nitrogens is 3. The van der Waals surface area contributed by atoms with Crippen molar-refractivity contribution in [2.75, 3.05) is 0 Å². The largest absolute Gasteiger partial charge is 0.372 e. The third-order valence-corrected chi connectivity index (χ3v) is 3.57. The number of aliphatic hydroxyl groups is 1. The van der Waals surface area contributed by atoms with Gasteiger partial charge in [0.2, 0.25) is 0 Å². The van der Waals surface area contributed by atoms with Crippen LogP contribution < -0.4 is 0 Å². The summed E-state index contributed by atoms with van der Waals surface area (Å²) >= 11 is 6.12. The molecule has 0 saturated heterocycles. The highest BCUT2D eigenvalue weighted by Crippen LogP contribution is 2.22. The van der Waals surface area contributed by atoms with Gasteiger partial charge in [0.1, 0.15) is 12.1 Å². The molecular formula is C13H14ClN3O. The number of fused-ring (bicyclic) bond motifs is 1. The van der Waals surface area contributed by atoms with Crippen molar-refractivity contribution in [2.45, 2.75) is 31.9 Å². The highest BCUT2D eigenvalue weighted by molar-refractivity contribution is 6.31. The molecule has 3 rings (SSSR count). The molecule has 94 valence electrons. The average Bonchev–Trinajstić information content (AvgIpc) is 2.76. The Kier molecular flexibility index (Phi) is 3.06. The van der Waals surface area contributed by atoms with Crippen LogP contribution in [0, 0.1) is 0 Å². The van der Waals surface area contributed by atoms with Crippen LogP contribution in [0.4, 0.5) is 0 Å². The van der Waals surface area contributed by atoms with Crippen LogP contribution in [0.3, 0.4) is 0 Å². The van der Waals surface area contributed by atoms with E-state index >= 15 is 0 Å². The minimum atomic E-state index is -0.527. The molecule has 18 heavy (non-hydrogen) atoms. The summed E-state index contributed by atoms with van der Waals surface area (Å²) in [5.74, 6) is 1.59. The van der Waals surface area contributed by atoms with Gasteiger partial charge < -0.3 is 5.11 Å². The molecule has 1 aromatic heterocycles. The van der Waals surface area contributed by atoms with Gasteiger partial charge in [-0.15, -0.1) is 0 Å². The van der Waals surface area contributed by atoms with Gasteiger partial charge in [0, 0.05) is 17.9 Å². The smallest absolute Gasteiger partial charge is 0.155 e. The molecule has 1 unspecified atom stereocenters. The molecule has 0 fully saturated rings. The summed E-state index contributed by atoms with van der Waals surface area (Å²) in [6, 6.07) is 7.69. The summed E-state index contributed by atoms with van der Waals surface area (Å²) in [5.41, 5.74) is 1.01. The SMILES string of the molecule is OC1CCCc2nc(Cc3ccccc3Cl)nn21. The van der Waals surface area contributed by atoms with Gasteiger partial charge in [0.15, 0.2) is 5.82 Å². The maximum Gasteiger partial charge on any atom is 0.155 e. The van der Waals surface area contributed by atoms with Crippen molar-refractivity contribution in [2.24, 2.45) is 0 Å². The fourth-order valence-electron chi connectivity index (χ4n) is 2.27. The zero-order valence-electron chi connectivity index (χ0n) is 9.88. The van der Waals surface area contributed by atoms with Crippen LogP contribution in [-0.4, -0.2) is 19.9 Å². The maximum atomic E-state index is 9.83. The Morgan fingerprint density at radius 1 is 1.39 bits per heavy atom. The number of rotatable bonds is 2. The topological polar surface area (TPSA) is 50.9 Å². The normalized spacial score (nSPS) is 18.7. The Morgan fingerprint density at radius 2 is 2.22 bits per heavy atom. The Morgan fingerprint density at radius 3 is 3.00 bits per heavy atom. The summed E-state index contributed by atoms with van der Waals surface area (Å²) in [6.45, 7) is 0. The van der Waals surface area contributed by atoms with Crippen molar-refractivity contribution in [1.82, 2.24) is 14.8 Å². The number of hydrogen-bond acceptors (Lipinski definition) is 3. The Balaban J connectivity index is 1.88. The Bertz CT molecular complexity index is 567. The molecule has 5 heteroatoms. The van der Waals surface area contributed by atoms with E-state index in [4.69, 9.17) is 11.6 Å². The number of benzene rings is 1. The van der Waals surface area contributed by atoms with E-state index in [1.165, 1.54) is 0 Å². The second kappa shape index (κ2) is 4.71. The Labute approximate surface area is 110 Å². The zero-order valence-corrected chi connectivity index (χ0v) is 10.6. The van der Waals surface area contributed by atoms with Crippen LogP contribution in [0.5, 0.6) is 0 Å². The third-order valence-electron chi connectivity index (χ3n) is 3.20. The third kappa shape index (κ3) is 2.13. The standard InChI is InChI=1S/C13H14ClN3O/c14-10-5-2-1-4-9(10)8-11-15-12-6-3-7-13(18)17(12)16-11/h1-2,4-5,13,18H,3,6-8H2. The van der Waals surface area contributed by atoms with Gasteiger partial charge in [0.05, 0.1) is 0 Å². The van der Waals surface area contributed by atoms with Gasteiger partial charge in [-0.2, -0.15) is 5.10 Å². The molecule has 1 atom stereocenters. The van der Waals surface area contributed by atoms with Crippen LogP contribution in [0.15, 0.2) is 24.3 Å². The highest BCUT2D eigenvalue weighted by atomic mass is 35.5. The van der Waals surface area contributed by atoms with E-state index in [0.29, 0.717) is 6.42 Å². The number of hydrogen-bond donors (Lipinski definition) is 1. The second-order valence-electron chi connectivity index (χ2n) is 4.53. The fourth-order valence-corrected chi connectivity index (χ4v) is 2.47. The van der Waals surface area contributed by atoms with Crippen LogP contribution in [0.1, 0.15) is 36.3 Å². The number of aryl methyl sites for hydroxylation is 1. The summed E-state index contributed by atoms with van der Waals surface area (Å²) in [7, 11) is 0. The van der Waals surface area contributed by atoms with Crippen molar-refractivity contribution >= 4 is 11.6 Å². The first-order chi connectivity index (χ1) is 8.74. The minimum absolute atomic E-state index is 0.527. The molecule has 1 aliphatic heterocycles. The summed E-state index contributed by atoms with van der Waals surface area (Å²) in [5, 5.41) is 14.9. The van der Waals surface area contributed by atoms with Gasteiger partial charge in [0.25, 0.3) is 0 Å².